The highest BCUT2D eigenvalue weighted by molar-refractivity contribution is 7.18. The maximum absolute atomic E-state index is 12.8. The van der Waals surface area contributed by atoms with E-state index < -0.39 is 0 Å². The van der Waals surface area contributed by atoms with Crippen molar-refractivity contribution >= 4 is 33.3 Å². The van der Waals surface area contributed by atoms with E-state index in [-0.39, 0.29) is 5.91 Å². The van der Waals surface area contributed by atoms with Gasteiger partial charge in [-0.15, -0.1) is 11.3 Å². The summed E-state index contributed by atoms with van der Waals surface area (Å²) in [4.78, 5) is 28.1. The van der Waals surface area contributed by atoms with Gasteiger partial charge in [0.2, 0.25) is 0 Å². The first-order valence-electron chi connectivity index (χ1n) is 8.98. The van der Waals surface area contributed by atoms with Gasteiger partial charge in [0.25, 0.3) is 5.91 Å². The van der Waals surface area contributed by atoms with Crippen LogP contribution in [0.25, 0.3) is 10.2 Å². The molecule has 4 rings (SSSR count). The van der Waals surface area contributed by atoms with E-state index in [0.29, 0.717) is 37.3 Å². The summed E-state index contributed by atoms with van der Waals surface area (Å²) >= 11 is 1.71. The predicted molar refractivity (Wildman–Crippen MR) is 106 cm³/mol. The zero-order chi connectivity index (χ0) is 18.8. The van der Waals surface area contributed by atoms with Gasteiger partial charge in [-0.25, -0.2) is 9.97 Å². The van der Waals surface area contributed by atoms with Crippen LogP contribution in [-0.2, 0) is 6.42 Å². The fourth-order valence-electron chi connectivity index (χ4n) is 3.38. The van der Waals surface area contributed by atoms with Gasteiger partial charge in [-0.2, -0.15) is 5.26 Å². The maximum atomic E-state index is 12.8. The van der Waals surface area contributed by atoms with E-state index in [2.05, 4.69) is 33.9 Å². The van der Waals surface area contributed by atoms with Crippen molar-refractivity contribution in [3.05, 3.63) is 52.7 Å². The van der Waals surface area contributed by atoms with Crippen molar-refractivity contribution in [2.45, 2.75) is 13.3 Å². The Morgan fingerprint density at radius 2 is 2.00 bits per heavy atom. The van der Waals surface area contributed by atoms with Crippen LogP contribution in [0.1, 0.15) is 27.7 Å². The van der Waals surface area contributed by atoms with Gasteiger partial charge >= 0.3 is 0 Å². The fourth-order valence-corrected chi connectivity index (χ4v) is 4.31. The van der Waals surface area contributed by atoms with Crippen LogP contribution in [0.3, 0.4) is 0 Å². The van der Waals surface area contributed by atoms with Gasteiger partial charge in [-0.1, -0.05) is 19.1 Å². The Morgan fingerprint density at radius 1 is 1.22 bits per heavy atom. The molecule has 27 heavy (non-hydrogen) atoms. The van der Waals surface area contributed by atoms with E-state index in [1.165, 1.54) is 4.88 Å². The summed E-state index contributed by atoms with van der Waals surface area (Å²) in [5.74, 6) is 0.865. The number of nitriles is 1. The lowest BCUT2D eigenvalue weighted by atomic mass is 10.1. The molecule has 0 N–H and O–H groups in total. The van der Waals surface area contributed by atoms with Crippen LogP contribution in [0.15, 0.2) is 36.7 Å². The number of aryl methyl sites for hydroxylation is 1. The van der Waals surface area contributed by atoms with Crippen molar-refractivity contribution in [2.75, 3.05) is 31.1 Å². The van der Waals surface area contributed by atoms with Crippen molar-refractivity contribution in [1.82, 2.24) is 14.9 Å². The average Bonchev–Trinajstić information content (AvgIpc) is 3.17. The Hall–Kier alpha value is -2.98. The molecule has 6 nitrogen and oxygen atoms in total. The molecule has 0 saturated carbocycles. The molecule has 0 unspecified atom stereocenters. The number of hydrogen-bond acceptors (Lipinski definition) is 6. The minimum Gasteiger partial charge on any atom is -0.352 e. The van der Waals surface area contributed by atoms with Crippen LogP contribution >= 0.6 is 11.3 Å². The minimum atomic E-state index is -0.0802. The molecule has 1 aliphatic rings. The SMILES string of the molecule is CCc1cc2c(N3CCN(C(=O)c4ccccc4C#N)CC3)ncnc2s1. The van der Waals surface area contributed by atoms with Crippen LogP contribution in [0.5, 0.6) is 0 Å². The molecule has 2 aromatic heterocycles. The molecule has 1 aliphatic heterocycles. The van der Waals surface area contributed by atoms with Crippen molar-refractivity contribution in [3.63, 3.8) is 0 Å². The highest BCUT2D eigenvalue weighted by Gasteiger charge is 2.25. The summed E-state index contributed by atoms with van der Waals surface area (Å²) in [6, 6.07) is 11.3. The Morgan fingerprint density at radius 3 is 2.74 bits per heavy atom. The molecular weight excluding hydrogens is 358 g/mol. The Bertz CT molecular complexity index is 1030. The summed E-state index contributed by atoms with van der Waals surface area (Å²) in [7, 11) is 0. The number of carbonyl (C=O) groups excluding carboxylic acids is 1. The minimum absolute atomic E-state index is 0.0802. The number of thiophene rings is 1. The van der Waals surface area contributed by atoms with Gasteiger partial charge < -0.3 is 9.80 Å². The summed E-state index contributed by atoms with van der Waals surface area (Å²) < 4.78 is 0. The number of aromatic nitrogens is 2. The van der Waals surface area contributed by atoms with Crippen LogP contribution in [-0.4, -0.2) is 47.0 Å². The molecule has 0 spiro atoms. The highest BCUT2D eigenvalue weighted by Crippen LogP contribution is 2.31. The van der Waals surface area contributed by atoms with Gasteiger partial charge in [-0.05, 0) is 24.6 Å². The lowest BCUT2D eigenvalue weighted by Gasteiger charge is -2.35. The van der Waals surface area contributed by atoms with Gasteiger partial charge in [0.1, 0.15) is 17.0 Å². The molecule has 1 fully saturated rings. The third-order valence-electron chi connectivity index (χ3n) is 4.85. The van der Waals surface area contributed by atoms with Crippen molar-refractivity contribution in [2.24, 2.45) is 0 Å². The Labute approximate surface area is 161 Å². The normalized spacial score (nSPS) is 14.4. The van der Waals surface area contributed by atoms with Crippen LogP contribution in [0, 0.1) is 11.3 Å². The van der Waals surface area contributed by atoms with Gasteiger partial charge in [0.15, 0.2) is 0 Å². The topological polar surface area (TPSA) is 73.1 Å². The quantitative estimate of drug-likeness (QED) is 0.701. The molecule has 1 saturated heterocycles. The number of anilines is 1. The van der Waals surface area contributed by atoms with E-state index in [1.54, 1.807) is 41.9 Å². The summed E-state index contributed by atoms with van der Waals surface area (Å²) in [6.07, 6.45) is 2.61. The summed E-state index contributed by atoms with van der Waals surface area (Å²) in [5, 5.41) is 10.3. The molecule has 3 heterocycles. The first-order valence-corrected chi connectivity index (χ1v) is 9.79. The predicted octanol–water partition coefficient (Wildman–Crippen LogP) is 3.09. The molecule has 3 aromatic rings. The smallest absolute Gasteiger partial charge is 0.255 e. The van der Waals surface area contributed by atoms with Crippen molar-refractivity contribution in [3.8, 4) is 6.07 Å². The first-order chi connectivity index (χ1) is 13.2. The highest BCUT2D eigenvalue weighted by atomic mass is 32.1. The Balaban J connectivity index is 1.52. The second-order valence-corrected chi connectivity index (χ2v) is 7.53. The number of nitrogens with zero attached hydrogens (tertiary/aromatic N) is 5. The standard InChI is InChI=1S/C20H19N5OS/c1-2-15-11-17-18(22-13-23-19(17)27-15)24-7-9-25(10-8-24)20(26)16-6-4-3-5-14(16)12-21/h3-6,11,13H,2,7-10H2,1H3. The third-order valence-corrected chi connectivity index (χ3v) is 6.04. The van der Waals surface area contributed by atoms with Gasteiger partial charge in [0.05, 0.1) is 22.6 Å². The second kappa shape index (κ2) is 7.33. The number of hydrogen-bond donors (Lipinski definition) is 0. The van der Waals surface area contributed by atoms with E-state index in [1.807, 2.05) is 4.90 Å². The average molecular weight is 377 g/mol. The monoisotopic (exact) mass is 377 g/mol. The zero-order valence-electron chi connectivity index (χ0n) is 15.1. The molecule has 1 aromatic carbocycles. The van der Waals surface area contributed by atoms with Gasteiger partial charge in [0, 0.05) is 31.1 Å². The van der Waals surface area contributed by atoms with Crippen LogP contribution in [0.4, 0.5) is 5.82 Å². The molecular formula is C20H19N5OS. The molecule has 1 amide bonds. The molecule has 0 bridgehead atoms. The van der Waals surface area contributed by atoms with E-state index in [0.717, 1.165) is 22.5 Å². The maximum Gasteiger partial charge on any atom is 0.255 e. The summed E-state index contributed by atoms with van der Waals surface area (Å²) in [5.41, 5.74) is 0.899. The number of rotatable bonds is 3. The fraction of sp³-hybridized carbons (Fsp3) is 0.300. The lowest BCUT2D eigenvalue weighted by Crippen LogP contribution is -2.49. The largest absolute Gasteiger partial charge is 0.352 e. The number of fused-ring (bicyclic) bond motifs is 1. The number of amides is 1. The Kier molecular flexibility index (Phi) is 4.73. The van der Waals surface area contributed by atoms with Crippen LogP contribution < -0.4 is 4.90 Å². The number of carbonyl (C=O) groups is 1. The first kappa shape index (κ1) is 17.4. The second-order valence-electron chi connectivity index (χ2n) is 6.42. The van der Waals surface area contributed by atoms with Crippen molar-refractivity contribution in [1.29, 1.82) is 5.26 Å². The lowest BCUT2D eigenvalue weighted by molar-refractivity contribution is 0.0746. The number of piperazine rings is 1. The van der Waals surface area contributed by atoms with Crippen molar-refractivity contribution < 1.29 is 4.79 Å². The van der Waals surface area contributed by atoms with Crippen LogP contribution in [0.2, 0.25) is 0 Å². The van der Waals surface area contributed by atoms with E-state index in [4.69, 9.17) is 0 Å². The number of benzene rings is 1. The molecule has 7 heteroatoms. The summed E-state index contributed by atoms with van der Waals surface area (Å²) in [6.45, 7) is 4.78. The zero-order valence-corrected chi connectivity index (χ0v) is 15.9. The third kappa shape index (κ3) is 3.24. The van der Waals surface area contributed by atoms with E-state index >= 15 is 0 Å². The molecule has 0 aliphatic carbocycles. The molecule has 0 radical (unpaired) electrons. The molecule has 0 atom stereocenters. The molecule has 136 valence electrons. The van der Waals surface area contributed by atoms with Gasteiger partial charge in [-0.3, -0.25) is 4.79 Å². The van der Waals surface area contributed by atoms with E-state index in [9.17, 15) is 10.1 Å².